The quantitative estimate of drug-likeness (QED) is 0.289. The average Bonchev–Trinajstić information content (AvgIpc) is 3.18. The van der Waals surface area contributed by atoms with Crippen molar-refractivity contribution < 1.29 is 4.92 Å². The second kappa shape index (κ2) is 5.58. The molecule has 1 fully saturated rings. The summed E-state index contributed by atoms with van der Waals surface area (Å²) in [5.74, 6) is 6.39. The number of nitrogens with two attached hydrogens (primary N) is 1. The summed E-state index contributed by atoms with van der Waals surface area (Å²) in [6, 6.07) is 0. The standard InChI is InChI=1S/C10H16N6O2/c11-15-10-13-6-8(16(17)18)9(14-10)12-5-1-2-7-3-4-7/h6-7H,1-5,11H2,(H2,12,13,14,15). The molecule has 0 aromatic carbocycles. The summed E-state index contributed by atoms with van der Waals surface area (Å²) in [5, 5.41) is 13.8. The molecule has 18 heavy (non-hydrogen) atoms. The van der Waals surface area contributed by atoms with Gasteiger partial charge in [0.25, 0.3) is 0 Å². The van der Waals surface area contributed by atoms with Crippen molar-refractivity contribution in [2.75, 3.05) is 17.3 Å². The molecule has 1 aromatic heterocycles. The summed E-state index contributed by atoms with van der Waals surface area (Å²) in [5.41, 5.74) is 2.13. The third-order valence-electron chi connectivity index (χ3n) is 2.87. The van der Waals surface area contributed by atoms with Gasteiger partial charge in [0.05, 0.1) is 4.92 Å². The van der Waals surface area contributed by atoms with Crippen molar-refractivity contribution in [3.63, 3.8) is 0 Å². The van der Waals surface area contributed by atoms with E-state index in [4.69, 9.17) is 5.84 Å². The van der Waals surface area contributed by atoms with E-state index in [1.165, 1.54) is 12.8 Å². The molecule has 8 heteroatoms. The Hall–Kier alpha value is -1.96. The van der Waals surface area contributed by atoms with Crippen LogP contribution in [0.1, 0.15) is 25.7 Å². The second-order valence-corrected chi connectivity index (χ2v) is 4.34. The molecule has 0 atom stereocenters. The molecule has 8 nitrogen and oxygen atoms in total. The van der Waals surface area contributed by atoms with Crippen molar-refractivity contribution in [3.8, 4) is 0 Å². The molecular formula is C10H16N6O2. The lowest BCUT2D eigenvalue weighted by Crippen LogP contribution is -2.13. The van der Waals surface area contributed by atoms with Crippen molar-refractivity contribution in [1.29, 1.82) is 0 Å². The van der Waals surface area contributed by atoms with E-state index in [-0.39, 0.29) is 17.5 Å². The Kier molecular flexibility index (Phi) is 3.88. The van der Waals surface area contributed by atoms with E-state index in [2.05, 4.69) is 20.7 Å². The highest BCUT2D eigenvalue weighted by molar-refractivity contribution is 5.56. The van der Waals surface area contributed by atoms with Gasteiger partial charge < -0.3 is 5.32 Å². The zero-order valence-corrected chi connectivity index (χ0v) is 9.93. The fourth-order valence-electron chi connectivity index (χ4n) is 1.71. The first-order valence-corrected chi connectivity index (χ1v) is 5.92. The van der Waals surface area contributed by atoms with Gasteiger partial charge in [-0.15, -0.1) is 0 Å². The molecule has 98 valence electrons. The summed E-state index contributed by atoms with van der Waals surface area (Å²) in [7, 11) is 0. The van der Waals surface area contributed by atoms with Crippen molar-refractivity contribution >= 4 is 17.5 Å². The summed E-state index contributed by atoms with van der Waals surface area (Å²) in [6.07, 6.45) is 5.92. The minimum absolute atomic E-state index is 0.138. The zero-order chi connectivity index (χ0) is 13.0. The van der Waals surface area contributed by atoms with E-state index in [0.717, 1.165) is 25.0 Å². The summed E-state index contributed by atoms with van der Waals surface area (Å²) in [4.78, 5) is 18.0. The van der Waals surface area contributed by atoms with Crippen LogP contribution in [-0.2, 0) is 0 Å². The molecular weight excluding hydrogens is 236 g/mol. The number of nitro groups is 1. The Morgan fingerprint density at radius 2 is 2.33 bits per heavy atom. The smallest absolute Gasteiger partial charge is 0.329 e. The minimum Gasteiger partial charge on any atom is -0.364 e. The van der Waals surface area contributed by atoms with Crippen molar-refractivity contribution in [3.05, 3.63) is 16.3 Å². The van der Waals surface area contributed by atoms with Crippen LogP contribution in [0, 0.1) is 16.0 Å². The lowest BCUT2D eigenvalue weighted by atomic mass is 10.2. The van der Waals surface area contributed by atoms with E-state index >= 15 is 0 Å². The van der Waals surface area contributed by atoms with Gasteiger partial charge in [-0.2, -0.15) is 4.98 Å². The number of hydrazine groups is 1. The van der Waals surface area contributed by atoms with Gasteiger partial charge in [-0.25, -0.2) is 10.8 Å². The molecule has 0 spiro atoms. The van der Waals surface area contributed by atoms with Gasteiger partial charge in [0, 0.05) is 6.54 Å². The summed E-state index contributed by atoms with van der Waals surface area (Å²) in [6.45, 7) is 0.665. The maximum absolute atomic E-state index is 10.8. The van der Waals surface area contributed by atoms with E-state index in [1.54, 1.807) is 0 Å². The first kappa shape index (κ1) is 12.5. The number of hydrogen-bond donors (Lipinski definition) is 3. The highest BCUT2D eigenvalue weighted by atomic mass is 16.6. The minimum atomic E-state index is -0.510. The topological polar surface area (TPSA) is 119 Å². The van der Waals surface area contributed by atoms with Gasteiger partial charge >= 0.3 is 5.69 Å². The van der Waals surface area contributed by atoms with Crippen molar-refractivity contribution in [1.82, 2.24) is 9.97 Å². The molecule has 1 aliphatic carbocycles. The van der Waals surface area contributed by atoms with Gasteiger partial charge in [-0.1, -0.05) is 12.8 Å². The monoisotopic (exact) mass is 252 g/mol. The van der Waals surface area contributed by atoms with E-state index in [0.29, 0.717) is 6.54 Å². The number of hydrogen-bond acceptors (Lipinski definition) is 7. The summed E-state index contributed by atoms with van der Waals surface area (Å²) < 4.78 is 0. The van der Waals surface area contributed by atoms with Crippen LogP contribution < -0.4 is 16.6 Å². The predicted octanol–water partition coefficient (Wildman–Crippen LogP) is 1.27. The highest BCUT2D eigenvalue weighted by Gasteiger charge is 2.21. The number of nitrogens with one attached hydrogen (secondary N) is 2. The van der Waals surface area contributed by atoms with E-state index < -0.39 is 4.92 Å². The fraction of sp³-hybridized carbons (Fsp3) is 0.600. The van der Waals surface area contributed by atoms with Gasteiger partial charge in [-0.3, -0.25) is 15.5 Å². The number of nitrogens with zero attached hydrogens (tertiary/aromatic N) is 3. The second-order valence-electron chi connectivity index (χ2n) is 4.34. The third kappa shape index (κ3) is 3.27. The van der Waals surface area contributed by atoms with Gasteiger partial charge in [-0.05, 0) is 18.8 Å². The Bertz CT molecular complexity index is 434. The molecule has 1 saturated carbocycles. The summed E-state index contributed by atoms with van der Waals surface area (Å²) >= 11 is 0. The highest BCUT2D eigenvalue weighted by Crippen LogP contribution is 2.33. The average molecular weight is 252 g/mol. The molecule has 0 bridgehead atoms. The zero-order valence-electron chi connectivity index (χ0n) is 9.93. The maximum atomic E-state index is 10.8. The normalized spacial score (nSPS) is 14.3. The SMILES string of the molecule is NNc1ncc([N+](=O)[O-])c(NCCCC2CC2)n1. The van der Waals surface area contributed by atoms with Crippen LogP contribution in [0.2, 0.25) is 0 Å². The van der Waals surface area contributed by atoms with E-state index in [9.17, 15) is 10.1 Å². The van der Waals surface area contributed by atoms with Crippen LogP contribution in [0.3, 0.4) is 0 Å². The van der Waals surface area contributed by atoms with Crippen LogP contribution >= 0.6 is 0 Å². The van der Waals surface area contributed by atoms with Gasteiger partial charge in [0.15, 0.2) is 0 Å². The van der Waals surface area contributed by atoms with Crippen molar-refractivity contribution in [2.45, 2.75) is 25.7 Å². The third-order valence-corrected chi connectivity index (χ3v) is 2.87. The largest absolute Gasteiger partial charge is 0.364 e. The van der Waals surface area contributed by atoms with Crippen LogP contribution in [-0.4, -0.2) is 21.4 Å². The molecule has 0 unspecified atom stereocenters. The molecule has 0 saturated heterocycles. The molecule has 2 rings (SSSR count). The first-order chi connectivity index (χ1) is 8.70. The maximum Gasteiger partial charge on any atom is 0.329 e. The number of anilines is 2. The molecule has 1 aromatic rings. The molecule has 1 aliphatic rings. The van der Waals surface area contributed by atoms with Crippen LogP contribution in [0.5, 0.6) is 0 Å². The molecule has 1 heterocycles. The Morgan fingerprint density at radius 1 is 1.56 bits per heavy atom. The molecule has 0 amide bonds. The Labute approximate surface area is 104 Å². The number of nitrogen functional groups attached to an aromatic ring is 1. The number of aromatic nitrogens is 2. The lowest BCUT2D eigenvalue weighted by molar-refractivity contribution is -0.384. The van der Waals surface area contributed by atoms with Gasteiger partial charge in [0.2, 0.25) is 11.8 Å². The molecule has 0 radical (unpaired) electrons. The Morgan fingerprint density at radius 3 is 2.94 bits per heavy atom. The Balaban J connectivity index is 1.95. The lowest BCUT2D eigenvalue weighted by Gasteiger charge is -2.06. The number of rotatable bonds is 7. The van der Waals surface area contributed by atoms with Gasteiger partial charge in [0.1, 0.15) is 6.20 Å². The van der Waals surface area contributed by atoms with Crippen molar-refractivity contribution in [2.24, 2.45) is 11.8 Å². The van der Waals surface area contributed by atoms with Crippen LogP contribution in [0.4, 0.5) is 17.5 Å². The molecule has 0 aliphatic heterocycles. The van der Waals surface area contributed by atoms with E-state index in [1.807, 2.05) is 0 Å². The fourth-order valence-corrected chi connectivity index (χ4v) is 1.71. The first-order valence-electron chi connectivity index (χ1n) is 5.92. The predicted molar refractivity (Wildman–Crippen MR) is 66.9 cm³/mol. The van der Waals surface area contributed by atoms with Crippen LogP contribution in [0.25, 0.3) is 0 Å². The van der Waals surface area contributed by atoms with Crippen LogP contribution in [0.15, 0.2) is 6.20 Å². The molecule has 4 N–H and O–H groups in total.